The standard InChI is InChI=1S/C20H23N7OS/c1-13-12-17(27-10-4-5-11-27)23-19(22-15-6-8-16(28-3)9-7-15)18(13)24-25-20-21-14(2)29-26-20/h6-9,12H,4-5,10-11H2,1-3H3,(H,22,23). The number of pyridine rings is 1. The summed E-state index contributed by atoms with van der Waals surface area (Å²) in [4.78, 5) is 11.4. The van der Waals surface area contributed by atoms with Crippen LogP contribution in [0, 0.1) is 13.8 Å². The number of benzene rings is 1. The lowest BCUT2D eigenvalue weighted by molar-refractivity contribution is 0.415. The van der Waals surface area contributed by atoms with Crippen LogP contribution < -0.4 is 15.0 Å². The minimum Gasteiger partial charge on any atom is -0.497 e. The summed E-state index contributed by atoms with van der Waals surface area (Å²) in [7, 11) is 1.65. The maximum absolute atomic E-state index is 5.24. The summed E-state index contributed by atoms with van der Waals surface area (Å²) in [5, 5.41) is 12.9. The molecule has 0 saturated carbocycles. The normalized spacial score (nSPS) is 14.0. The van der Waals surface area contributed by atoms with Crippen LogP contribution in [0.3, 0.4) is 0 Å². The molecule has 1 aliphatic heterocycles. The number of nitrogens with one attached hydrogen (secondary N) is 1. The first-order valence-electron chi connectivity index (χ1n) is 9.52. The molecule has 0 bridgehead atoms. The maximum Gasteiger partial charge on any atom is 0.280 e. The molecule has 0 unspecified atom stereocenters. The molecule has 1 N–H and O–H groups in total. The number of ether oxygens (including phenoxy) is 1. The third kappa shape index (κ3) is 4.51. The lowest BCUT2D eigenvalue weighted by Gasteiger charge is -2.19. The Labute approximate surface area is 173 Å². The quantitative estimate of drug-likeness (QED) is 0.555. The fourth-order valence-electron chi connectivity index (χ4n) is 3.21. The van der Waals surface area contributed by atoms with Crippen LogP contribution in [-0.4, -0.2) is 34.5 Å². The van der Waals surface area contributed by atoms with E-state index in [0.717, 1.165) is 40.9 Å². The van der Waals surface area contributed by atoms with Crippen LogP contribution in [-0.2, 0) is 0 Å². The van der Waals surface area contributed by atoms with Crippen LogP contribution in [0.4, 0.5) is 29.0 Å². The third-order valence-electron chi connectivity index (χ3n) is 4.71. The molecular weight excluding hydrogens is 386 g/mol. The van der Waals surface area contributed by atoms with Crippen molar-refractivity contribution in [3.05, 3.63) is 40.9 Å². The van der Waals surface area contributed by atoms with Gasteiger partial charge < -0.3 is 15.0 Å². The summed E-state index contributed by atoms with van der Waals surface area (Å²) in [6.45, 7) is 5.97. The average Bonchev–Trinajstić information content (AvgIpc) is 3.40. The van der Waals surface area contributed by atoms with E-state index in [4.69, 9.17) is 9.72 Å². The molecule has 29 heavy (non-hydrogen) atoms. The van der Waals surface area contributed by atoms with E-state index in [2.05, 4.69) is 35.9 Å². The van der Waals surface area contributed by atoms with E-state index in [1.54, 1.807) is 7.11 Å². The van der Waals surface area contributed by atoms with Gasteiger partial charge in [-0.05, 0) is 74.1 Å². The van der Waals surface area contributed by atoms with Crippen LogP contribution in [0.2, 0.25) is 0 Å². The van der Waals surface area contributed by atoms with Gasteiger partial charge in [-0.3, -0.25) is 0 Å². The van der Waals surface area contributed by atoms with Crippen LogP contribution >= 0.6 is 11.5 Å². The number of hydrogen-bond donors (Lipinski definition) is 1. The van der Waals surface area contributed by atoms with Crippen molar-refractivity contribution in [2.45, 2.75) is 26.7 Å². The maximum atomic E-state index is 5.24. The first-order valence-corrected chi connectivity index (χ1v) is 10.3. The van der Waals surface area contributed by atoms with Gasteiger partial charge in [0.1, 0.15) is 22.3 Å². The number of methoxy groups -OCH3 is 1. The van der Waals surface area contributed by atoms with E-state index in [9.17, 15) is 0 Å². The van der Waals surface area contributed by atoms with Gasteiger partial charge in [-0.15, -0.1) is 10.2 Å². The third-order valence-corrected chi connectivity index (χ3v) is 5.32. The van der Waals surface area contributed by atoms with Crippen molar-refractivity contribution in [3.8, 4) is 5.75 Å². The molecule has 3 aromatic rings. The number of aromatic nitrogens is 3. The smallest absolute Gasteiger partial charge is 0.280 e. The number of azo groups is 1. The van der Waals surface area contributed by atoms with Crippen molar-refractivity contribution in [2.75, 3.05) is 30.4 Å². The molecule has 1 saturated heterocycles. The average molecular weight is 410 g/mol. The minimum atomic E-state index is 0.367. The first kappa shape index (κ1) is 19.3. The van der Waals surface area contributed by atoms with E-state index in [0.29, 0.717) is 17.5 Å². The zero-order valence-electron chi connectivity index (χ0n) is 16.7. The molecule has 0 atom stereocenters. The summed E-state index contributed by atoms with van der Waals surface area (Å²) in [6, 6.07) is 9.78. The molecule has 1 aromatic carbocycles. The Hall–Kier alpha value is -3.07. The molecule has 0 aliphatic carbocycles. The van der Waals surface area contributed by atoms with Gasteiger partial charge >= 0.3 is 0 Å². The number of rotatable bonds is 6. The van der Waals surface area contributed by atoms with E-state index in [1.165, 1.54) is 24.4 Å². The van der Waals surface area contributed by atoms with E-state index < -0.39 is 0 Å². The highest BCUT2D eigenvalue weighted by Gasteiger charge is 2.18. The van der Waals surface area contributed by atoms with E-state index in [1.807, 2.05) is 38.1 Å². The van der Waals surface area contributed by atoms with Gasteiger partial charge in [-0.2, -0.15) is 4.37 Å². The molecule has 1 aliphatic rings. The van der Waals surface area contributed by atoms with Gasteiger partial charge in [0, 0.05) is 18.8 Å². The van der Waals surface area contributed by atoms with Gasteiger partial charge in [-0.1, -0.05) is 0 Å². The van der Waals surface area contributed by atoms with Gasteiger partial charge in [0.05, 0.1) is 7.11 Å². The summed E-state index contributed by atoms with van der Waals surface area (Å²) >= 11 is 1.31. The molecule has 3 heterocycles. The molecule has 0 spiro atoms. The Morgan fingerprint density at radius 1 is 1.07 bits per heavy atom. The predicted molar refractivity (Wildman–Crippen MR) is 116 cm³/mol. The second-order valence-corrected chi connectivity index (χ2v) is 7.81. The fraction of sp³-hybridized carbons (Fsp3) is 0.350. The SMILES string of the molecule is COc1ccc(Nc2nc(N3CCCC3)cc(C)c2N=Nc2nsc(C)n2)cc1. The molecule has 2 aromatic heterocycles. The topological polar surface area (TPSA) is 87.9 Å². The second kappa shape index (κ2) is 8.52. The van der Waals surface area contributed by atoms with Crippen molar-refractivity contribution in [2.24, 2.45) is 10.2 Å². The molecule has 150 valence electrons. The molecule has 9 heteroatoms. The van der Waals surface area contributed by atoms with Crippen LogP contribution in [0.25, 0.3) is 0 Å². The summed E-state index contributed by atoms with van der Waals surface area (Å²) < 4.78 is 9.42. The van der Waals surface area contributed by atoms with Crippen LogP contribution in [0.15, 0.2) is 40.6 Å². The summed E-state index contributed by atoms with van der Waals surface area (Å²) in [5.41, 5.74) is 2.57. The van der Waals surface area contributed by atoms with Gasteiger partial charge in [0.15, 0.2) is 5.82 Å². The first-order chi connectivity index (χ1) is 14.1. The zero-order valence-corrected chi connectivity index (χ0v) is 17.5. The summed E-state index contributed by atoms with van der Waals surface area (Å²) in [5.74, 6) is 2.78. The van der Waals surface area contributed by atoms with Gasteiger partial charge in [0.2, 0.25) is 0 Å². The van der Waals surface area contributed by atoms with Gasteiger partial charge in [0.25, 0.3) is 5.95 Å². The van der Waals surface area contributed by atoms with E-state index >= 15 is 0 Å². The molecule has 0 amide bonds. The highest BCUT2D eigenvalue weighted by Crippen LogP contribution is 2.35. The Kier molecular flexibility index (Phi) is 5.66. The molecular formula is C20H23N7OS. The Morgan fingerprint density at radius 2 is 1.83 bits per heavy atom. The lowest BCUT2D eigenvalue weighted by Crippen LogP contribution is -2.19. The lowest BCUT2D eigenvalue weighted by atomic mass is 10.2. The number of aryl methyl sites for hydroxylation is 2. The number of hydrogen-bond acceptors (Lipinski definition) is 9. The Morgan fingerprint density at radius 3 is 2.48 bits per heavy atom. The van der Waals surface area contributed by atoms with E-state index in [-0.39, 0.29) is 0 Å². The fourth-order valence-corrected chi connectivity index (χ4v) is 3.62. The monoisotopic (exact) mass is 409 g/mol. The molecule has 0 radical (unpaired) electrons. The van der Waals surface area contributed by atoms with Crippen molar-refractivity contribution in [1.29, 1.82) is 0 Å². The highest BCUT2D eigenvalue weighted by atomic mass is 32.1. The van der Waals surface area contributed by atoms with Crippen molar-refractivity contribution >= 4 is 40.5 Å². The summed E-state index contributed by atoms with van der Waals surface area (Å²) in [6.07, 6.45) is 2.39. The van der Waals surface area contributed by atoms with Crippen molar-refractivity contribution in [1.82, 2.24) is 14.3 Å². The number of anilines is 3. The Balaban J connectivity index is 1.70. The second-order valence-electron chi connectivity index (χ2n) is 6.86. The largest absolute Gasteiger partial charge is 0.497 e. The molecule has 8 nitrogen and oxygen atoms in total. The molecule has 4 rings (SSSR count). The molecule has 1 fully saturated rings. The number of nitrogens with zero attached hydrogens (tertiary/aromatic N) is 6. The van der Waals surface area contributed by atoms with Gasteiger partial charge in [-0.25, -0.2) is 9.97 Å². The predicted octanol–water partition coefficient (Wildman–Crippen LogP) is 5.32. The minimum absolute atomic E-state index is 0.367. The van der Waals surface area contributed by atoms with Crippen molar-refractivity contribution in [3.63, 3.8) is 0 Å². The van der Waals surface area contributed by atoms with Crippen molar-refractivity contribution < 1.29 is 4.74 Å². The highest BCUT2D eigenvalue weighted by molar-refractivity contribution is 7.05. The Bertz CT molecular complexity index is 1010. The van der Waals surface area contributed by atoms with Crippen LogP contribution in [0.5, 0.6) is 5.75 Å². The zero-order chi connectivity index (χ0) is 20.2. The van der Waals surface area contributed by atoms with Crippen LogP contribution in [0.1, 0.15) is 23.4 Å².